The SMILES string of the molecule is CCCCCCCCC[C@H](O)CCCCC[C@H]1CC(=O)NCCCN(C)CCCCN(C)CCCN1C. The molecule has 6 heteroatoms. The van der Waals surface area contributed by atoms with Crippen molar-refractivity contribution in [3.05, 3.63) is 0 Å². The van der Waals surface area contributed by atoms with Gasteiger partial charge < -0.3 is 25.1 Å². The number of unbranched alkanes of at least 4 members (excludes halogenated alkanes) is 8. The summed E-state index contributed by atoms with van der Waals surface area (Å²) >= 11 is 0. The van der Waals surface area contributed by atoms with Crippen molar-refractivity contribution < 1.29 is 9.90 Å². The highest BCUT2D eigenvalue weighted by Gasteiger charge is 2.19. The molecule has 0 unspecified atom stereocenters. The summed E-state index contributed by atoms with van der Waals surface area (Å²) in [4.78, 5) is 20.0. The lowest BCUT2D eigenvalue weighted by Crippen LogP contribution is -2.39. The molecule has 6 nitrogen and oxygen atoms in total. The summed E-state index contributed by atoms with van der Waals surface area (Å²) in [6.45, 7) is 8.56. The zero-order valence-corrected chi connectivity index (χ0v) is 25.3. The lowest BCUT2D eigenvalue weighted by atomic mass is 10.00. The quantitative estimate of drug-likeness (QED) is 0.286. The first-order chi connectivity index (χ1) is 17.9. The summed E-state index contributed by atoms with van der Waals surface area (Å²) in [6, 6.07) is 0.307. The van der Waals surface area contributed by atoms with Crippen molar-refractivity contribution in [3.8, 4) is 0 Å². The van der Waals surface area contributed by atoms with E-state index in [0.717, 1.165) is 84.1 Å². The Morgan fingerprint density at radius 2 is 1.30 bits per heavy atom. The Bertz CT molecular complexity index is 533. The molecule has 2 atom stereocenters. The molecule has 0 aromatic heterocycles. The van der Waals surface area contributed by atoms with Gasteiger partial charge in [-0.15, -0.1) is 0 Å². The topological polar surface area (TPSA) is 59.1 Å². The molecule has 0 spiro atoms. The van der Waals surface area contributed by atoms with Crippen LogP contribution in [0.15, 0.2) is 0 Å². The van der Waals surface area contributed by atoms with Crippen LogP contribution in [-0.4, -0.2) is 98.3 Å². The standard InChI is InChI=1S/C31H64N4O2/c1-5-6-7-8-9-10-13-20-30(36)21-14-11-12-19-29-28-31(37)32-22-17-25-33(2)23-15-16-24-34(3)26-18-27-35(29)4/h29-30,36H,5-28H2,1-4H3,(H,32,37)/t29-,30-/m0/s1. The molecule has 0 aromatic carbocycles. The molecular weight excluding hydrogens is 460 g/mol. The lowest BCUT2D eigenvalue weighted by molar-refractivity contribution is -0.122. The molecular formula is C31H64N4O2. The molecule has 1 fully saturated rings. The summed E-state index contributed by atoms with van der Waals surface area (Å²) in [5.41, 5.74) is 0. The van der Waals surface area contributed by atoms with Crippen LogP contribution >= 0.6 is 0 Å². The molecule has 1 rings (SSSR count). The van der Waals surface area contributed by atoms with E-state index in [-0.39, 0.29) is 12.0 Å². The molecule has 1 aliphatic rings. The van der Waals surface area contributed by atoms with Crippen molar-refractivity contribution in [3.63, 3.8) is 0 Å². The highest BCUT2D eigenvalue weighted by atomic mass is 16.3. The number of carbonyl (C=O) groups is 1. The van der Waals surface area contributed by atoms with Crippen LogP contribution in [0.4, 0.5) is 0 Å². The molecule has 1 amide bonds. The van der Waals surface area contributed by atoms with Gasteiger partial charge in [0.15, 0.2) is 0 Å². The Labute approximate surface area is 230 Å². The van der Waals surface area contributed by atoms with E-state index in [1.807, 2.05) is 0 Å². The molecule has 1 aliphatic heterocycles. The van der Waals surface area contributed by atoms with E-state index in [2.05, 4.69) is 48.1 Å². The third-order valence-electron chi connectivity index (χ3n) is 8.18. The molecule has 0 bridgehead atoms. The molecule has 0 aliphatic carbocycles. The van der Waals surface area contributed by atoms with Crippen molar-refractivity contribution in [1.82, 2.24) is 20.0 Å². The fourth-order valence-electron chi connectivity index (χ4n) is 5.52. The Hall–Kier alpha value is -0.690. The third kappa shape index (κ3) is 20.0. The Morgan fingerprint density at radius 3 is 1.95 bits per heavy atom. The molecule has 2 N–H and O–H groups in total. The van der Waals surface area contributed by atoms with Crippen LogP contribution in [0, 0.1) is 0 Å². The summed E-state index contributed by atoms with van der Waals surface area (Å²) in [6.07, 6.45) is 20.6. The average molecular weight is 525 g/mol. The van der Waals surface area contributed by atoms with Gasteiger partial charge in [-0.25, -0.2) is 0 Å². The van der Waals surface area contributed by atoms with Crippen molar-refractivity contribution in [1.29, 1.82) is 0 Å². The highest BCUT2D eigenvalue weighted by molar-refractivity contribution is 5.76. The van der Waals surface area contributed by atoms with E-state index in [0.29, 0.717) is 12.5 Å². The number of hydrogen-bond donors (Lipinski definition) is 2. The predicted octanol–water partition coefficient (Wildman–Crippen LogP) is 5.68. The number of carbonyl (C=O) groups excluding carboxylic acids is 1. The normalized spacial score (nSPS) is 22.0. The lowest BCUT2D eigenvalue weighted by Gasteiger charge is -2.29. The Kier molecular flexibility index (Phi) is 21.5. The van der Waals surface area contributed by atoms with Gasteiger partial charge in [-0.2, -0.15) is 0 Å². The number of aliphatic hydroxyl groups excluding tert-OH is 1. The number of amides is 1. The number of nitrogens with zero attached hydrogens (tertiary/aromatic N) is 3. The van der Waals surface area contributed by atoms with E-state index < -0.39 is 0 Å². The molecule has 0 aromatic rings. The van der Waals surface area contributed by atoms with E-state index >= 15 is 0 Å². The predicted molar refractivity (Wildman–Crippen MR) is 159 cm³/mol. The molecule has 0 radical (unpaired) electrons. The second-order valence-corrected chi connectivity index (χ2v) is 11.9. The van der Waals surface area contributed by atoms with E-state index in [1.165, 1.54) is 64.3 Å². The first kappa shape index (κ1) is 34.3. The van der Waals surface area contributed by atoms with Crippen LogP contribution in [0.2, 0.25) is 0 Å². The van der Waals surface area contributed by atoms with Crippen molar-refractivity contribution in [2.24, 2.45) is 0 Å². The summed E-state index contributed by atoms with van der Waals surface area (Å²) in [7, 11) is 6.64. The molecule has 37 heavy (non-hydrogen) atoms. The zero-order valence-electron chi connectivity index (χ0n) is 25.3. The summed E-state index contributed by atoms with van der Waals surface area (Å²) in [5, 5.41) is 13.5. The second kappa shape index (κ2) is 23.2. The zero-order chi connectivity index (χ0) is 27.1. The van der Waals surface area contributed by atoms with E-state index in [4.69, 9.17) is 0 Å². The first-order valence-corrected chi connectivity index (χ1v) is 15.9. The molecule has 220 valence electrons. The van der Waals surface area contributed by atoms with Crippen molar-refractivity contribution in [2.75, 3.05) is 60.4 Å². The van der Waals surface area contributed by atoms with E-state index in [9.17, 15) is 9.90 Å². The van der Waals surface area contributed by atoms with Crippen LogP contribution < -0.4 is 5.32 Å². The summed E-state index contributed by atoms with van der Waals surface area (Å²) in [5.74, 6) is 0.200. The monoisotopic (exact) mass is 525 g/mol. The number of aliphatic hydroxyl groups is 1. The van der Waals surface area contributed by atoms with Crippen molar-refractivity contribution >= 4 is 5.91 Å². The van der Waals surface area contributed by atoms with Crippen LogP contribution in [0.3, 0.4) is 0 Å². The number of nitrogens with one attached hydrogen (secondary N) is 1. The van der Waals surface area contributed by atoms with Gasteiger partial charge in [0.25, 0.3) is 0 Å². The van der Waals surface area contributed by atoms with Gasteiger partial charge in [0.1, 0.15) is 0 Å². The third-order valence-corrected chi connectivity index (χ3v) is 8.18. The minimum absolute atomic E-state index is 0.132. The fourth-order valence-corrected chi connectivity index (χ4v) is 5.52. The van der Waals surface area contributed by atoms with Gasteiger partial charge in [-0.05, 0) is 98.8 Å². The maximum Gasteiger partial charge on any atom is 0.221 e. The first-order valence-electron chi connectivity index (χ1n) is 15.9. The van der Waals surface area contributed by atoms with Crippen LogP contribution in [0.1, 0.15) is 122 Å². The summed E-state index contributed by atoms with van der Waals surface area (Å²) < 4.78 is 0. The van der Waals surface area contributed by atoms with Gasteiger partial charge in [0.2, 0.25) is 5.91 Å². The molecule has 1 saturated heterocycles. The van der Waals surface area contributed by atoms with Crippen LogP contribution in [-0.2, 0) is 4.79 Å². The van der Waals surface area contributed by atoms with Crippen LogP contribution in [0.25, 0.3) is 0 Å². The average Bonchev–Trinajstić information content (AvgIpc) is 2.87. The maximum atomic E-state index is 12.7. The minimum Gasteiger partial charge on any atom is -0.393 e. The van der Waals surface area contributed by atoms with Crippen LogP contribution in [0.5, 0.6) is 0 Å². The molecule has 1 heterocycles. The van der Waals surface area contributed by atoms with Gasteiger partial charge >= 0.3 is 0 Å². The molecule has 0 saturated carbocycles. The largest absolute Gasteiger partial charge is 0.393 e. The highest BCUT2D eigenvalue weighted by Crippen LogP contribution is 2.17. The number of rotatable bonds is 14. The maximum absolute atomic E-state index is 12.7. The Balaban J connectivity index is 2.35. The van der Waals surface area contributed by atoms with Gasteiger partial charge in [0.05, 0.1) is 6.10 Å². The van der Waals surface area contributed by atoms with E-state index in [1.54, 1.807) is 0 Å². The van der Waals surface area contributed by atoms with Crippen molar-refractivity contribution in [2.45, 2.75) is 135 Å². The fraction of sp³-hybridized carbons (Fsp3) is 0.968. The Morgan fingerprint density at radius 1 is 0.757 bits per heavy atom. The van der Waals surface area contributed by atoms with Gasteiger partial charge in [-0.1, -0.05) is 71.1 Å². The second-order valence-electron chi connectivity index (χ2n) is 11.9. The van der Waals surface area contributed by atoms with Gasteiger partial charge in [0, 0.05) is 19.0 Å². The number of hydrogen-bond acceptors (Lipinski definition) is 5. The smallest absolute Gasteiger partial charge is 0.221 e. The van der Waals surface area contributed by atoms with Gasteiger partial charge in [-0.3, -0.25) is 4.79 Å². The minimum atomic E-state index is -0.132.